The number of hydrogen-bond donors (Lipinski definition) is 0. The van der Waals surface area contributed by atoms with Crippen LogP contribution in [0.15, 0.2) is 48.5 Å². The molecule has 2 aromatic carbocycles. The number of nitriles is 4. The summed E-state index contributed by atoms with van der Waals surface area (Å²) in [6, 6.07) is 23.1. The molecule has 6 rings (SSSR count). The molecule has 2 unspecified atom stereocenters. The Kier molecular flexibility index (Phi) is 7.00. The summed E-state index contributed by atoms with van der Waals surface area (Å²) in [4.78, 5) is 44.0. The summed E-state index contributed by atoms with van der Waals surface area (Å²) in [6.45, 7) is 3.03. The minimum atomic E-state index is -1.02. The fraction of sp³-hybridized carbons (Fsp3) is 0.257. The van der Waals surface area contributed by atoms with Gasteiger partial charge >= 0.3 is 0 Å². The SMILES string of the molecule is CC(=O)CCC1(CC2(CCC(C)=O)c3ccccc3-c3nc(C#N)c(C#N)nc32)c2ccccc2-c2nc(C#N)c(C#N)nc21. The third kappa shape index (κ3) is 4.36. The van der Waals surface area contributed by atoms with Gasteiger partial charge in [-0.3, -0.25) is 0 Å². The lowest BCUT2D eigenvalue weighted by atomic mass is 9.61. The molecular formula is C35H24N8O2. The molecule has 2 aliphatic carbocycles. The van der Waals surface area contributed by atoms with Crippen LogP contribution < -0.4 is 0 Å². The summed E-state index contributed by atoms with van der Waals surface area (Å²) >= 11 is 0. The zero-order valence-corrected chi connectivity index (χ0v) is 24.5. The number of carbonyl (C=O) groups is 2. The van der Waals surface area contributed by atoms with E-state index in [2.05, 4.69) is 9.97 Å². The molecular weight excluding hydrogens is 564 g/mol. The quantitative estimate of drug-likeness (QED) is 0.268. The summed E-state index contributed by atoms with van der Waals surface area (Å²) in [5.74, 6) is -0.0877. The molecule has 2 atom stereocenters. The Morgan fingerprint density at radius 3 is 1.31 bits per heavy atom. The number of aromatic nitrogens is 4. The monoisotopic (exact) mass is 588 g/mol. The normalized spacial score (nSPS) is 18.3. The molecule has 0 amide bonds. The van der Waals surface area contributed by atoms with Gasteiger partial charge in [-0.25, -0.2) is 19.9 Å². The number of carbonyl (C=O) groups excluding carboxylic acids is 2. The predicted molar refractivity (Wildman–Crippen MR) is 160 cm³/mol. The van der Waals surface area contributed by atoms with Crippen molar-refractivity contribution in [3.63, 3.8) is 0 Å². The lowest BCUT2D eigenvalue weighted by Gasteiger charge is -2.41. The molecule has 2 aromatic heterocycles. The van der Waals surface area contributed by atoms with Crippen LogP contribution in [0.4, 0.5) is 0 Å². The van der Waals surface area contributed by atoms with Gasteiger partial charge in [0.05, 0.1) is 22.8 Å². The first kappa shape index (κ1) is 29.0. The van der Waals surface area contributed by atoms with Gasteiger partial charge in [-0.1, -0.05) is 48.5 Å². The van der Waals surface area contributed by atoms with Crippen molar-refractivity contribution in [1.82, 2.24) is 19.9 Å². The molecule has 4 aromatic rings. The number of ketones is 2. The average molecular weight is 589 g/mol. The van der Waals surface area contributed by atoms with Crippen molar-refractivity contribution in [2.24, 2.45) is 0 Å². The van der Waals surface area contributed by atoms with E-state index in [0.717, 1.165) is 22.3 Å². The van der Waals surface area contributed by atoms with E-state index in [1.807, 2.05) is 72.8 Å². The Hall–Kier alpha value is -6.10. The number of Topliss-reactive ketones (excluding diaryl/α,β-unsaturated/α-hetero) is 2. The zero-order valence-electron chi connectivity index (χ0n) is 24.5. The molecule has 45 heavy (non-hydrogen) atoms. The van der Waals surface area contributed by atoms with Crippen molar-refractivity contribution < 1.29 is 9.59 Å². The molecule has 0 radical (unpaired) electrons. The summed E-state index contributed by atoms with van der Waals surface area (Å²) in [7, 11) is 0. The standard InChI is InChI=1S/C35H24N8O2/c1-20(44)11-13-34(24-9-5-3-7-22(24)30-32(34)42-28(17-38)26(15-36)40-30)19-35(14-12-21(2)45)25-10-6-4-8-23(25)31-33(35)43-29(18-39)27(16-37)41-31/h3-10H,11-14,19H2,1-2H3. The molecule has 0 fully saturated rings. The largest absolute Gasteiger partial charge is 0.300 e. The van der Waals surface area contributed by atoms with Crippen molar-refractivity contribution >= 4 is 11.6 Å². The second kappa shape index (κ2) is 10.9. The molecule has 10 nitrogen and oxygen atoms in total. The molecule has 0 bridgehead atoms. The van der Waals surface area contributed by atoms with Crippen LogP contribution in [0.1, 0.15) is 91.2 Å². The highest BCUT2D eigenvalue weighted by Crippen LogP contribution is 2.61. The van der Waals surface area contributed by atoms with Gasteiger partial charge in [0.2, 0.25) is 0 Å². The molecule has 0 saturated heterocycles. The van der Waals surface area contributed by atoms with Gasteiger partial charge in [0.15, 0.2) is 22.8 Å². The van der Waals surface area contributed by atoms with Crippen LogP contribution in [0.5, 0.6) is 0 Å². The molecule has 0 saturated carbocycles. The van der Waals surface area contributed by atoms with E-state index in [1.54, 1.807) is 0 Å². The van der Waals surface area contributed by atoms with Crippen LogP contribution in [0.3, 0.4) is 0 Å². The van der Waals surface area contributed by atoms with Gasteiger partial charge in [-0.15, -0.1) is 0 Å². The number of fused-ring (bicyclic) bond motifs is 6. The molecule has 2 heterocycles. The first-order valence-electron chi connectivity index (χ1n) is 14.4. The average Bonchev–Trinajstić information content (AvgIpc) is 3.47. The van der Waals surface area contributed by atoms with Crippen molar-refractivity contribution in [3.8, 4) is 46.8 Å². The lowest BCUT2D eigenvalue weighted by molar-refractivity contribution is -0.118. The van der Waals surface area contributed by atoms with Crippen LogP contribution in [0, 0.1) is 45.3 Å². The van der Waals surface area contributed by atoms with Crippen LogP contribution in [0.25, 0.3) is 22.5 Å². The summed E-state index contributed by atoms with van der Waals surface area (Å²) in [6.07, 6.45) is 1.19. The topological polar surface area (TPSA) is 181 Å². The Morgan fingerprint density at radius 2 is 0.956 bits per heavy atom. The van der Waals surface area contributed by atoms with E-state index in [-0.39, 0.29) is 53.6 Å². The predicted octanol–water partition coefficient (Wildman–Crippen LogP) is 5.12. The Morgan fingerprint density at radius 1 is 0.600 bits per heavy atom. The van der Waals surface area contributed by atoms with Crippen LogP contribution in [-0.2, 0) is 20.4 Å². The summed E-state index contributed by atoms with van der Waals surface area (Å²) in [5, 5.41) is 39.5. The third-order valence-corrected chi connectivity index (χ3v) is 8.93. The second-order valence-corrected chi connectivity index (χ2v) is 11.5. The van der Waals surface area contributed by atoms with Gasteiger partial charge in [0.25, 0.3) is 0 Å². The van der Waals surface area contributed by atoms with Gasteiger partial charge in [0, 0.05) is 34.8 Å². The van der Waals surface area contributed by atoms with Gasteiger partial charge in [0.1, 0.15) is 35.8 Å². The molecule has 10 heteroatoms. The van der Waals surface area contributed by atoms with Gasteiger partial charge < -0.3 is 9.59 Å². The maximum Gasteiger partial charge on any atom is 0.177 e. The van der Waals surface area contributed by atoms with E-state index in [1.165, 1.54) is 13.8 Å². The van der Waals surface area contributed by atoms with Gasteiger partial charge in [-0.05, 0) is 44.2 Å². The van der Waals surface area contributed by atoms with Crippen molar-refractivity contribution in [2.45, 2.75) is 56.8 Å². The van der Waals surface area contributed by atoms with E-state index < -0.39 is 10.8 Å². The lowest BCUT2D eigenvalue weighted by Crippen LogP contribution is -2.40. The summed E-state index contributed by atoms with van der Waals surface area (Å²) < 4.78 is 0. The number of benzene rings is 2. The number of rotatable bonds is 8. The molecule has 0 N–H and O–H groups in total. The molecule has 0 spiro atoms. The fourth-order valence-electron chi connectivity index (χ4n) is 7.03. The minimum Gasteiger partial charge on any atom is -0.300 e. The maximum absolute atomic E-state index is 12.6. The first-order valence-corrected chi connectivity index (χ1v) is 14.4. The van der Waals surface area contributed by atoms with Crippen molar-refractivity contribution in [3.05, 3.63) is 93.8 Å². The molecule has 0 aliphatic heterocycles. The van der Waals surface area contributed by atoms with Gasteiger partial charge in [-0.2, -0.15) is 21.0 Å². The fourth-order valence-corrected chi connectivity index (χ4v) is 7.03. The van der Waals surface area contributed by atoms with Crippen molar-refractivity contribution in [2.75, 3.05) is 0 Å². The Labute approximate surface area is 259 Å². The van der Waals surface area contributed by atoms with Crippen molar-refractivity contribution in [1.29, 1.82) is 21.0 Å². The first-order chi connectivity index (χ1) is 21.7. The number of nitrogens with zero attached hydrogens (tertiary/aromatic N) is 8. The van der Waals surface area contributed by atoms with Crippen LogP contribution in [-0.4, -0.2) is 31.5 Å². The highest BCUT2D eigenvalue weighted by atomic mass is 16.1. The minimum absolute atomic E-state index is 0.0438. The van der Waals surface area contributed by atoms with E-state index in [0.29, 0.717) is 35.6 Å². The highest BCUT2D eigenvalue weighted by Gasteiger charge is 2.55. The summed E-state index contributed by atoms with van der Waals surface area (Å²) in [5.41, 5.74) is 2.53. The van der Waals surface area contributed by atoms with E-state index in [9.17, 15) is 30.6 Å². The van der Waals surface area contributed by atoms with E-state index >= 15 is 0 Å². The van der Waals surface area contributed by atoms with Crippen LogP contribution >= 0.6 is 0 Å². The molecule has 2 aliphatic rings. The van der Waals surface area contributed by atoms with Crippen LogP contribution in [0.2, 0.25) is 0 Å². The maximum atomic E-state index is 12.6. The third-order valence-electron chi connectivity index (χ3n) is 8.93. The zero-order chi connectivity index (χ0) is 31.9. The van der Waals surface area contributed by atoms with E-state index in [4.69, 9.17) is 9.97 Å². The highest BCUT2D eigenvalue weighted by molar-refractivity contribution is 5.83. The second-order valence-electron chi connectivity index (χ2n) is 11.5. The molecule has 216 valence electrons. The Balaban J connectivity index is 1.72. The smallest absolute Gasteiger partial charge is 0.177 e. The Bertz CT molecular complexity index is 1980. The number of hydrogen-bond acceptors (Lipinski definition) is 10.